The molecule has 2 aromatic heterocycles. The van der Waals surface area contributed by atoms with Crippen molar-refractivity contribution in [3.05, 3.63) is 39.0 Å². The van der Waals surface area contributed by atoms with Crippen LogP contribution in [-0.4, -0.2) is 67.8 Å². The minimum Gasteiger partial charge on any atom is -0.350 e. The van der Waals surface area contributed by atoms with Gasteiger partial charge in [0, 0.05) is 18.3 Å². The Hall–Kier alpha value is -2.76. The number of carbonyl (C=O) groups is 1. The van der Waals surface area contributed by atoms with Gasteiger partial charge in [-0.1, -0.05) is 16.9 Å². The van der Waals surface area contributed by atoms with Crippen molar-refractivity contribution < 1.29 is 31.6 Å². The van der Waals surface area contributed by atoms with Gasteiger partial charge in [-0.05, 0) is 78.1 Å². The third kappa shape index (κ3) is 6.05. The lowest BCUT2D eigenvalue weighted by atomic mass is 10.1. The van der Waals surface area contributed by atoms with Gasteiger partial charge in [-0.15, -0.1) is 5.06 Å². The summed E-state index contributed by atoms with van der Waals surface area (Å²) in [6.45, 7) is 5.44. The van der Waals surface area contributed by atoms with Gasteiger partial charge in [0.15, 0.2) is 10.7 Å². The molecule has 13 nitrogen and oxygen atoms in total. The molecule has 0 radical (unpaired) electrons. The number of amides is 1. The maximum Gasteiger partial charge on any atom is 0.446 e. The van der Waals surface area contributed by atoms with Crippen LogP contribution in [0, 0.1) is 5.82 Å². The molecular weight excluding hydrogens is 599 g/mol. The first kappa shape index (κ1) is 27.3. The number of rotatable bonds is 6. The lowest BCUT2D eigenvalue weighted by Gasteiger charge is -2.34. The Kier molecular flexibility index (Phi) is 8.05. The summed E-state index contributed by atoms with van der Waals surface area (Å²) in [5.41, 5.74) is -0.567. The van der Waals surface area contributed by atoms with Gasteiger partial charge in [0.1, 0.15) is 5.82 Å². The van der Waals surface area contributed by atoms with Crippen molar-refractivity contribution >= 4 is 44.7 Å². The molecule has 0 aliphatic carbocycles. The van der Waals surface area contributed by atoms with Crippen molar-refractivity contribution in [2.24, 2.45) is 0 Å². The van der Waals surface area contributed by atoms with Gasteiger partial charge < -0.3 is 4.84 Å². The average Bonchev–Trinajstić information content (AvgIpc) is 3.40. The third-order valence-electron chi connectivity index (χ3n) is 5.23. The van der Waals surface area contributed by atoms with Crippen LogP contribution in [0.2, 0.25) is 0 Å². The number of hydroxylamine groups is 2. The predicted molar refractivity (Wildman–Crippen MR) is 132 cm³/mol. The summed E-state index contributed by atoms with van der Waals surface area (Å²) < 4.78 is 48.6. The zero-order valence-corrected chi connectivity index (χ0v) is 23.1. The van der Waals surface area contributed by atoms with Crippen molar-refractivity contribution in [3.8, 4) is 17.2 Å². The molecule has 0 saturated carbocycles. The van der Waals surface area contributed by atoms with Gasteiger partial charge in [0.25, 0.3) is 0 Å². The van der Waals surface area contributed by atoms with Crippen LogP contribution in [0.5, 0.6) is 0 Å². The number of hydrogen-bond acceptors (Lipinski definition) is 12. The molecule has 1 atom stereocenters. The van der Waals surface area contributed by atoms with E-state index < -0.39 is 34.1 Å². The number of nitrogens with zero attached hydrogens (tertiary/aromatic N) is 6. The lowest BCUT2D eigenvalue weighted by Crippen LogP contribution is -2.48. The molecule has 1 fully saturated rings. The topological polar surface area (TPSA) is 154 Å². The standard InChI is InChI=1S/C20H22BrFN6O7S2/c1-20(2,3)28(37(31)32)19(30)34-26-8-4-5-12(10-26)36-17-15(23-35-25-17)16-24-33-18(29)27(16)11-6-7-14(22)13(21)9-11/h6-7,9,12,37H,4-5,8,10H2,1-3H3/t12-/m0/s1. The van der Waals surface area contributed by atoms with E-state index in [4.69, 9.17) is 14.0 Å². The van der Waals surface area contributed by atoms with Crippen molar-refractivity contribution in [1.82, 2.24) is 29.4 Å². The second-order valence-corrected chi connectivity index (χ2v) is 12.0. The smallest absolute Gasteiger partial charge is 0.350 e. The maximum absolute atomic E-state index is 13.7. The van der Waals surface area contributed by atoms with E-state index in [0.29, 0.717) is 22.3 Å². The fraction of sp³-hybridized carbons (Fsp3) is 0.450. The summed E-state index contributed by atoms with van der Waals surface area (Å²) in [6.07, 6.45) is 0.388. The predicted octanol–water partition coefficient (Wildman–Crippen LogP) is 3.01. The number of carbonyl (C=O) groups excluding carboxylic acids is 1. The minimum atomic E-state index is -3.19. The molecule has 1 aliphatic rings. The number of halogens is 2. The minimum absolute atomic E-state index is 0.00594. The molecule has 1 saturated heterocycles. The number of thioether (sulfide) groups is 1. The normalized spacial score (nSPS) is 16.8. The van der Waals surface area contributed by atoms with Crippen LogP contribution >= 0.6 is 27.7 Å². The number of thiol groups is 1. The van der Waals surface area contributed by atoms with Crippen molar-refractivity contribution in [2.75, 3.05) is 13.1 Å². The molecule has 1 amide bonds. The van der Waals surface area contributed by atoms with Gasteiger partial charge >= 0.3 is 11.8 Å². The first-order chi connectivity index (χ1) is 17.5. The quantitative estimate of drug-likeness (QED) is 0.403. The number of aromatic nitrogens is 4. The van der Waals surface area contributed by atoms with E-state index in [2.05, 4.69) is 31.4 Å². The molecule has 17 heteroatoms. The van der Waals surface area contributed by atoms with E-state index >= 15 is 0 Å². The Morgan fingerprint density at radius 2 is 2.05 bits per heavy atom. The molecule has 200 valence electrons. The molecule has 37 heavy (non-hydrogen) atoms. The average molecular weight is 621 g/mol. The Bertz CT molecular complexity index is 1420. The van der Waals surface area contributed by atoms with Crippen LogP contribution in [0.3, 0.4) is 0 Å². The summed E-state index contributed by atoms with van der Waals surface area (Å²) in [5, 5.41) is 13.2. The van der Waals surface area contributed by atoms with Crippen LogP contribution < -0.4 is 5.76 Å². The van der Waals surface area contributed by atoms with E-state index in [-0.39, 0.29) is 33.5 Å². The Morgan fingerprint density at radius 1 is 1.30 bits per heavy atom. The van der Waals surface area contributed by atoms with Crippen LogP contribution in [0.15, 0.2) is 41.6 Å². The molecule has 3 aromatic rings. The molecule has 1 aromatic carbocycles. The van der Waals surface area contributed by atoms with E-state index in [1.165, 1.54) is 35.0 Å². The van der Waals surface area contributed by atoms with E-state index in [9.17, 15) is 22.4 Å². The van der Waals surface area contributed by atoms with Crippen LogP contribution in [-0.2, 0) is 15.7 Å². The molecule has 0 unspecified atom stereocenters. The number of piperidine rings is 1. The third-order valence-corrected chi connectivity index (χ3v) is 8.14. The number of hydrogen-bond donors (Lipinski definition) is 1. The Balaban J connectivity index is 1.52. The summed E-state index contributed by atoms with van der Waals surface area (Å²) in [6, 6.07) is 3.95. The highest BCUT2D eigenvalue weighted by atomic mass is 79.9. The van der Waals surface area contributed by atoms with Gasteiger partial charge in [0.05, 0.1) is 15.7 Å². The number of benzene rings is 1. The molecule has 1 aliphatic heterocycles. The van der Waals surface area contributed by atoms with Gasteiger partial charge in [-0.25, -0.2) is 31.6 Å². The Morgan fingerprint density at radius 3 is 2.73 bits per heavy atom. The SMILES string of the molecule is CC(C)(C)N(C(=O)ON1CCC[C@H](Sc2nonc2-c2noc(=O)n2-c2ccc(F)c(Br)c2)C1)[SH](=O)=O. The molecule has 0 N–H and O–H groups in total. The maximum atomic E-state index is 13.7. The van der Waals surface area contributed by atoms with Crippen molar-refractivity contribution in [2.45, 2.75) is 49.4 Å². The zero-order chi connectivity index (χ0) is 26.9. The fourth-order valence-electron chi connectivity index (χ4n) is 3.62. The summed E-state index contributed by atoms with van der Waals surface area (Å²) in [7, 11) is -3.19. The molecule has 4 rings (SSSR count). The largest absolute Gasteiger partial charge is 0.446 e. The highest BCUT2D eigenvalue weighted by Gasteiger charge is 2.34. The summed E-state index contributed by atoms with van der Waals surface area (Å²) >= 11 is 4.35. The van der Waals surface area contributed by atoms with E-state index in [1.54, 1.807) is 20.8 Å². The monoisotopic (exact) mass is 620 g/mol. The Labute approximate surface area is 224 Å². The summed E-state index contributed by atoms with van der Waals surface area (Å²) in [5.74, 6) is -1.32. The van der Waals surface area contributed by atoms with E-state index in [0.717, 1.165) is 11.0 Å². The second kappa shape index (κ2) is 10.9. The fourth-order valence-corrected chi connectivity index (χ4v) is 5.81. The van der Waals surface area contributed by atoms with Crippen molar-refractivity contribution in [3.63, 3.8) is 0 Å². The van der Waals surface area contributed by atoms with Gasteiger partial charge in [0.2, 0.25) is 16.7 Å². The summed E-state index contributed by atoms with van der Waals surface area (Å²) in [4.78, 5) is 30.3. The lowest BCUT2D eigenvalue weighted by molar-refractivity contribution is -0.118. The zero-order valence-electron chi connectivity index (χ0n) is 19.8. The molecule has 0 spiro atoms. The van der Waals surface area contributed by atoms with Crippen LogP contribution in [0.25, 0.3) is 17.2 Å². The second-order valence-electron chi connectivity index (χ2n) is 8.97. The molecular formula is C20H22BrFN6O7S2. The first-order valence-electron chi connectivity index (χ1n) is 10.9. The highest BCUT2D eigenvalue weighted by molar-refractivity contribution is 9.10. The van der Waals surface area contributed by atoms with Crippen molar-refractivity contribution in [1.29, 1.82) is 0 Å². The first-order valence-corrected chi connectivity index (χ1v) is 13.7. The molecule has 0 bridgehead atoms. The highest BCUT2D eigenvalue weighted by Crippen LogP contribution is 2.34. The van der Waals surface area contributed by atoms with Gasteiger partial charge in [-0.3, -0.25) is 4.52 Å². The van der Waals surface area contributed by atoms with E-state index in [1.807, 2.05) is 0 Å². The molecule has 3 heterocycles. The van der Waals surface area contributed by atoms with Gasteiger partial charge in [-0.2, -0.15) is 4.31 Å². The van der Waals surface area contributed by atoms with Crippen LogP contribution in [0.1, 0.15) is 33.6 Å². The van der Waals surface area contributed by atoms with Crippen LogP contribution in [0.4, 0.5) is 9.18 Å².